The zero-order chi connectivity index (χ0) is 22.5. The van der Waals surface area contributed by atoms with Crippen LogP contribution in [-0.2, 0) is 6.42 Å². The summed E-state index contributed by atoms with van der Waals surface area (Å²) in [6.07, 6.45) is 5.00. The molecule has 0 amide bonds. The largest absolute Gasteiger partial charge is 0.493 e. The quantitative estimate of drug-likeness (QED) is 0.323. The van der Waals surface area contributed by atoms with E-state index < -0.39 is 0 Å². The Bertz CT molecular complexity index is 1200. The Hall–Kier alpha value is -2.93. The summed E-state index contributed by atoms with van der Waals surface area (Å²) in [6, 6.07) is 9.24. The standard InChI is InChI=1S/C24H26BrN3O3/c1-6-8-18-11-17(12-22(30-5)23(18)31-15(3)7-2)14-26-28-16(4)27-21-10-9-19(25)13-20(21)24(28)29/h6,9-15H,1,7-8H2,2-5H3/t15-/m1/s1. The SMILES string of the molecule is C=CCc1cc(C=Nn2c(C)nc3ccc(Br)cc3c2=O)cc(OC)c1O[C@H](C)CC. The van der Waals surface area contributed by atoms with Crippen LogP contribution in [0.4, 0.5) is 0 Å². The fraction of sp³-hybridized carbons (Fsp3) is 0.292. The van der Waals surface area contributed by atoms with Crippen LogP contribution in [0.25, 0.3) is 10.9 Å². The number of hydrogen-bond acceptors (Lipinski definition) is 5. The summed E-state index contributed by atoms with van der Waals surface area (Å²) < 4.78 is 13.8. The Labute approximate surface area is 190 Å². The van der Waals surface area contributed by atoms with Gasteiger partial charge in [0.15, 0.2) is 11.5 Å². The van der Waals surface area contributed by atoms with Crippen molar-refractivity contribution < 1.29 is 9.47 Å². The maximum atomic E-state index is 13.0. The van der Waals surface area contributed by atoms with Crippen molar-refractivity contribution in [3.8, 4) is 11.5 Å². The molecule has 7 heteroatoms. The molecule has 0 saturated carbocycles. The summed E-state index contributed by atoms with van der Waals surface area (Å²) in [5.74, 6) is 1.83. The van der Waals surface area contributed by atoms with Crippen LogP contribution < -0.4 is 15.0 Å². The second kappa shape index (κ2) is 9.92. The molecule has 3 aromatic rings. The van der Waals surface area contributed by atoms with Crippen molar-refractivity contribution in [3.63, 3.8) is 0 Å². The average molecular weight is 484 g/mol. The number of methoxy groups -OCH3 is 1. The maximum Gasteiger partial charge on any atom is 0.282 e. The van der Waals surface area contributed by atoms with Crippen LogP contribution >= 0.6 is 15.9 Å². The molecule has 0 aliphatic heterocycles. The van der Waals surface area contributed by atoms with Crippen LogP contribution in [0.3, 0.4) is 0 Å². The van der Waals surface area contributed by atoms with E-state index in [-0.39, 0.29) is 11.7 Å². The first-order chi connectivity index (χ1) is 14.9. The highest BCUT2D eigenvalue weighted by atomic mass is 79.9. The number of allylic oxidation sites excluding steroid dienone is 1. The Morgan fingerprint density at radius 3 is 2.77 bits per heavy atom. The molecule has 0 spiro atoms. The lowest BCUT2D eigenvalue weighted by Crippen LogP contribution is -2.20. The third-order valence-electron chi connectivity index (χ3n) is 4.92. The van der Waals surface area contributed by atoms with Gasteiger partial charge in [-0.3, -0.25) is 4.79 Å². The van der Waals surface area contributed by atoms with Gasteiger partial charge in [0.25, 0.3) is 5.56 Å². The fourth-order valence-corrected chi connectivity index (χ4v) is 3.52. The van der Waals surface area contributed by atoms with Gasteiger partial charge in [-0.05, 0) is 62.6 Å². The molecule has 1 heterocycles. The van der Waals surface area contributed by atoms with Crippen LogP contribution in [0.5, 0.6) is 11.5 Å². The van der Waals surface area contributed by atoms with Crippen LogP contribution in [0.2, 0.25) is 0 Å². The third-order valence-corrected chi connectivity index (χ3v) is 5.42. The minimum Gasteiger partial charge on any atom is -0.493 e. The summed E-state index contributed by atoms with van der Waals surface area (Å²) in [7, 11) is 1.61. The number of halogens is 1. The summed E-state index contributed by atoms with van der Waals surface area (Å²) in [5.41, 5.74) is 2.14. The molecule has 0 saturated heterocycles. The molecule has 0 fully saturated rings. The van der Waals surface area contributed by atoms with E-state index >= 15 is 0 Å². The van der Waals surface area contributed by atoms with Crippen molar-refractivity contribution in [1.29, 1.82) is 0 Å². The molecule has 0 N–H and O–H groups in total. The molecule has 0 bridgehead atoms. The Balaban J connectivity index is 2.07. The molecule has 1 aromatic heterocycles. The molecule has 31 heavy (non-hydrogen) atoms. The summed E-state index contributed by atoms with van der Waals surface area (Å²) >= 11 is 3.40. The van der Waals surface area contributed by atoms with E-state index in [1.807, 2.05) is 37.3 Å². The Morgan fingerprint density at radius 1 is 1.32 bits per heavy atom. The van der Waals surface area contributed by atoms with E-state index in [1.54, 1.807) is 26.3 Å². The smallest absolute Gasteiger partial charge is 0.282 e. The summed E-state index contributed by atoms with van der Waals surface area (Å²) in [5, 5.41) is 4.92. The number of fused-ring (bicyclic) bond motifs is 1. The zero-order valence-electron chi connectivity index (χ0n) is 18.2. The molecule has 162 valence electrons. The van der Waals surface area contributed by atoms with Gasteiger partial charge >= 0.3 is 0 Å². The topological polar surface area (TPSA) is 65.7 Å². The van der Waals surface area contributed by atoms with E-state index in [0.717, 1.165) is 22.0 Å². The Morgan fingerprint density at radius 2 is 2.10 bits per heavy atom. The molecule has 3 rings (SSSR count). The molecular weight excluding hydrogens is 458 g/mol. The average Bonchev–Trinajstić information content (AvgIpc) is 2.75. The van der Waals surface area contributed by atoms with Gasteiger partial charge in [-0.15, -0.1) is 6.58 Å². The summed E-state index contributed by atoms with van der Waals surface area (Å²) in [6.45, 7) is 9.70. The molecule has 1 atom stereocenters. The van der Waals surface area contributed by atoms with Crippen molar-refractivity contribution in [1.82, 2.24) is 9.66 Å². The van der Waals surface area contributed by atoms with Crippen molar-refractivity contribution in [2.45, 2.75) is 39.7 Å². The number of rotatable bonds is 8. The van der Waals surface area contributed by atoms with Crippen molar-refractivity contribution in [3.05, 3.63) is 74.8 Å². The second-order valence-electron chi connectivity index (χ2n) is 7.22. The molecule has 6 nitrogen and oxygen atoms in total. The molecular formula is C24H26BrN3O3. The van der Waals surface area contributed by atoms with Gasteiger partial charge in [0.05, 0.1) is 30.3 Å². The number of benzene rings is 2. The molecule has 0 radical (unpaired) electrons. The first kappa shape index (κ1) is 22.7. The zero-order valence-corrected chi connectivity index (χ0v) is 19.8. The van der Waals surface area contributed by atoms with E-state index in [4.69, 9.17) is 9.47 Å². The highest BCUT2D eigenvalue weighted by molar-refractivity contribution is 9.10. The van der Waals surface area contributed by atoms with Gasteiger partial charge in [-0.2, -0.15) is 9.78 Å². The number of aryl methyl sites for hydroxylation is 1. The number of aromatic nitrogens is 2. The van der Waals surface area contributed by atoms with E-state index in [9.17, 15) is 4.79 Å². The minimum absolute atomic E-state index is 0.0567. The predicted octanol–water partition coefficient (Wildman–Crippen LogP) is 5.26. The van der Waals surface area contributed by atoms with Gasteiger partial charge in [0.1, 0.15) is 5.82 Å². The van der Waals surface area contributed by atoms with E-state index in [1.165, 1.54) is 4.68 Å². The van der Waals surface area contributed by atoms with Crippen molar-refractivity contribution >= 4 is 33.0 Å². The molecule has 0 unspecified atom stereocenters. The van der Waals surface area contributed by atoms with Crippen molar-refractivity contribution in [2.75, 3.05) is 7.11 Å². The normalized spacial score (nSPS) is 12.3. The first-order valence-electron chi connectivity index (χ1n) is 10.1. The minimum atomic E-state index is -0.227. The van der Waals surface area contributed by atoms with Crippen molar-refractivity contribution in [2.24, 2.45) is 5.10 Å². The molecule has 0 aliphatic rings. The lowest BCUT2D eigenvalue weighted by atomic mass is 10.1. The van der Waals surface area contributed by atoms with Gasteiger partial charge in [-0.1, -0.05) is 28.9 Å². The van der Waals surface area contributed by atoms with Gasteiger partial charge in [0, 0.05) is 10.0 Å². The van der Waals surface area contributed by atoms with E-state index in [2.05, 4.69) is 39.5 Å². The lowest BCUT2D eigenvalue weighted by Gasteiger charge is -2.19. The lowest BCUT2D eigenvalue weighted by molar-refractivity contribution is 0.206. The second-order valence-corrected chi connectivity index (χ2v) is 8.14. The van der Waals surface area contributed by atoms with Gasteiger partial charge in [0.2, 0.25) is 0 Å². The monoisotopic (exact) mass is 483 g/mol. The van der Waals surface area contributed by atoms with Gasteiger partial charge in [-0.25, -0.2) is 4.98 Å². The van der Waals surface area contributed by atoms with E-state index in [0.29, 0.717) is 34.6 Å². The maximum absolute atomic E-state index is 13.0. The number of ether oxygens (including phenoxy) is 2. The third kappa shape index (κ3) is 5.05. The summed E-state index contributed by atoms with van der Waals surface area (Å²) in [4.78, 5) is 17.5. The highest BCUT2D eigenvalue weighted by Gasteiger charge is 2.15. The number of hydrogen-bond donors (Lipinski definition) is 0. The highest BCUT2D eigenvalue weighted by Crippen LogP contribution is 2.34. The van der Waals surface area contributed by atoms with Crippen LogP contribution in [-0.4, -0.2) is 29.1 Å². The van der Waals surface area contributed by atoms with Gasteiger partial charge < -0.3 is 9.47 Å². The van der Waals surface area contributed by atoms with Crippen LogP contribution in [0, 0.1) is 6.92 Å². The molecule has 0 aliphatic carbocycles. The number of nitrogens with zero attached hydrogens (tertiary/aromatic N) is 3. The van der Waals surface area contributed by atoms with Crippen LogP contribution in [0.1, 0.15) is 37.2 Å². The Kier molecular flexibility index (Phi) is 7.28. The molecule has 2 aromatic carbocycles. The van der Waals surface area contributed by atoms with Crippen LogP contribution in [0.15, 0.2) is 57.4 Å². The fourth-order valence-electron chi connectivity index (χ4n) is 3.16. The first-order valence-corrected chi connectivity index (χ1v) is 10.9. The predicted molar refractivity (Wildman–Crippen MR) is 129 cm³/mol.